The van der Waals surface area contributed by atoms with Crippen LogP contribution in [0.1, 0.15) is 33.3 Å². The lowest BCUT2D eigenvalue weighted by Gasteiger charge is -2.25. The molecule has 2 aromatic rings. The molecule has 1 heterocycles. The quantitative estimate of drug-likeness (QED) is 0.571. The van der Waals surface area contributed by atoms with Gasteiger partial charge in [0.25, 0.3) is 11.1 Å². The number of H-pyrrole nitrogens is 2. The maximum atomic E-state index is 12.4. The summed E-state index contributed by atoms with van der Waals surface area (Å²) in [6.45, 7) is 8.73. The Kier molecular flexibility index (Phi) is 7.47. The van der Waals surface area contributed by atoms with Gasteiger partial charge in [-0.1, -0.05) is 45.1 Å². The van der Waals surface area contributed by atoms with Gasteiger partial charge in [0.05, 0.1) is 12.8 Å². The molecule has 0 amide bonds. The molecule has 30 heavy (non-hydrogen) atoms. The van der Waals surface area contributed by atoms with Crippen LogP contribution in [0.3, 0.4) is 0 Å². The van der Waals surface area contributed by atoms with Crippen LogP contribution in [-0.4, -0.2) is 23.6 Å². The van der Waals surface area contributed by atoms with Gasteiger partial charge in [0.2, 0.25) is 0 Å². The number of hydrogen-bond donors (Lipinski definition) is 4. The Morgan fingerprint density at radius 2 is 1.70 bits per heavy atom. The van der Waals surface area contributed by atoms with Crippen molar-refractivity contribution in [3.8, 4) is 5.75 Å². The largest absolute Gasteiger partial charge is 0.497 e. The van der Waals surface area contributed by atoms with E-state index in [1.807, 2.05) is 58.0 Å². The van der Waals surface area contributed by atoms with Crippen LogP contribution in [-0.2, 0) is 0 Å². The van der Waals surface area contributed by atoms with E-state index in [0.717, 1.165) is 17.0 Å². The number of ether oxygens (including phenoxy) is 1. The molecule has 1 aromatic heterocycles. The highest BCUT2D eigenvalue weighted by Crippen LogP contribution is 2.24. The van der Waals surface area contributed by atoms with Gasteiger partial charge in [0.15, 0.2) is 0 Å². The van der Waals surface area contributed by atoms with Crippen LogP contribution in [0.4, 0.5) is 0 Å². The van der Waals surface area contributed by atoms with Crippen molar-refractivity contribution in [1.29, 1.82) is 0 Å². The smallest absolute Gasteiger partial charge is 0.272 e. The molecule has 0 aliphatic carbocycles. The van der Waals surface area contributed by atoms with Crippen LogP contribution in [0.2, 0.25) is 0 Å². The van der Waals surface area contributed by atoms with Gasteiger partial charge >= 0.3 is 0 Å². The molecule has 0 unspecified atom stereocenters. The summed E-state index contributed by atoms with van der Waals surface area (Å²) in [5.41, 5.74) is 7.29. The Bertz CT molecular complexity index is 1160. The van der Waals surface area contributed by atoms with Gasteiger partial charge in [0, 0.05) is 17.7 Å². The Balaban J connectivity index is 2.42. The van der Waals surface area contributed by atoms with Crippen molar-refractivity contribution < 1.29 is 4.74 Å². The first-order chi connectivity index (χ1) is 14.2. The maximum Gasteiger partial charge on any atom is 0.272 e. The van der Waals surface area contributed by atoms with Gasteiger partial charge < -0.3 is 25.8 Å². The van der Waals surface area contributed by atoms with Gasteiger partial charge in [-0.3, -0.25) is 9.59 Å². The Hall–Kier alpha value is -3.48. The highest BCUT2D eigenvalue weighted by molar-refractivity contribution is 5.57. The molecule has 0 aliphatic heterocycles. The second-order valence-electron chi connectivity index (χ2n) is 7.79. The summed E-state index contributed by atoms with van der Waals surface area (Å²) in [5.74, 6) is 0.765. The predicted molar refractivity (Wildman–Crippen MR) is 122 cm³/mol. The Morgan fingerprint density at radius 3 is 2.27 bits per heavy atom. The van der Waals surface area contributed by atoms with Gasteiger partial charge in [-0.25, -0.2) is 0 Å². The summed E-state index contributed by atoms with van der Waals surface area (Å²) in [4.78, 5) is 30.1. The van der Waals surface area contributed by atoms with E-state index in [1.165, 1.54) is 6.08 Å². The van der Waals surface area contributed by atoms with E-state index >= 15 is 0 Å². The third-order valence-corrected chi connectivity index (χ3v) is 4.35. The third-order valence-electron chi connectivity index (χ3n) is 4.35. The van der Waals surface area contributed by atoms with Crippen LogP contribution in [0.25, 0.3) is 18.2 Å². The number of hydrogen-bond acceptors (Lipinski definition) is 5. The summed E-state index contributed by atoms with van der Waals surface area (Å²) < 4.78 is 5.12. The fraction of sp³-hybridized carbons (Fsp3) is 0.304. The SMILES string of the molecule is CCN/C(=C(N)/C=c1\[nH]c(=O)/c(=C/C=C/c2ccc(OC)cc2)[nH]c1=O)C(C)(C)C. The summed E-state index contributed by atoms with van der Waals surface area (Å²) >= 11 is 0. The first kappa shape index (κ1) is 22.8. The van der Waals surface area contributed by atoms with Crippen molar-refractivity contribution in [1.82, 2.24) is 15.3 Å². The van der Waals surface area contributed by atoms with Gasteiger partial charge in [-0.2, -0.15) is 0 Å². The van der Waals surface area contributed by atoms with Gasteiger partial charge in [0.1, 0.15) is 16.4 Å². The Labute approximate surface area is 175 Å². The first-order valence-corrected chi connectivity index (χ1v) is 9.76. The number of allylic oxidation sites excluding steroid dienone is 3. The highest BCUT2D eigenvalue weighted by Gasteiger charge is 2.19. The summed E-state index contributed by atoms with van der Waals surface area (Å²) in [6.07, 6.45) is 6.56. The van der Waals surface area contributed by atoms with E-state index in [9.17, 15) is 9.59 Å². The van der Waals surface area contributed by atoms with E-state index < -0.39 is 11.1 Å². The van der Waals surface area contributed by atoms with Crippen molar-refractivity contribution in [2.24, 2.45) is 11.1 Å². The van der Waals surface area contributed by atoms with E-state index in [2.05, 4.69) is 15.3 Å². The average molecular weight is 411 g/mol. The molecule has 0 fully saturated rings. The van der Waals surface area contributed by atoms with Crippen molar-refractivity contribution in [3.63, 3.8) is 0 Å². The number of benzene rings is 1. The molecule has 2 rings (SSSR count). The summed E-state index contributed by atoms with van der Waals surface area (Å²) in [5, 5.41) is 3.50. The molecule has 0 aliphatic rings. The lowest BCUT2D eigenvalue weighted by molar-refractivity contribution is 0.415. The van der Waals surface area contributed by atoms with E-state index in [4.69, 9.17) is 10.5 Å². The van der Waals surface area contributed by atoms with Crippen molar-refractivity contribution >= 4 is 18.2 Å². The molecular formula is C23H30N4O3. The molecule has 0 atom stereocenters. The van der Waals surface area contributed by atoms with Crippen molar-refractivity contribution in [2.75, 3.05) is 13.7 Å². The fourth-order valence-corrected chi connectivity index (χ4v) is 2.89. The molecule has 160 valence electrons. The molecule has 0 spiro atoms. The van der Waals surface area contributed by atoms with Crippen LogP contribution in [0.15, 0.2) is 51.3 Å². The fourth-order valence-electron chi connectivity index (χ4n) is 2.89. The molecule has 7 nitrogen and oxygen atoms in total. The van der Waals surface area contributed by atoms with Crippen LogP contribution < -0.4 is 37.6 Å². The standard InChI is InChI=1S/C23H30N4O3/c1-6-25-20(23(2,3)4)17(24)14-19-22(29)26-18(21(28)27-19)9-7-8-15-10-12-16(30-5)13-11-15/h7-14,25H,6,24H2,1-5H3,(H,26,29)(H,27,28)/b8-7+,18-9-,19-14-,20-17-. The number of nitrogens with two attached hydrogens (primary N) is 1. The second-order valence-corrected chi connectivity index (χ2v) is 7.79. The molecule has 1 aromatic carbocycles. The van der Waals surface area contributed by atoms with Crippen LogP contribution in [0, 0.1) is 5.41 Å². The predicted octanol–water partition coefficient (Wildman–Crippen LogP) is 1.17. The molecule has 0 saturated heterocycles. The van der Waals surface area contributed by atoms with Crippen molar-refractivity contribution in [2.45, 2.75) is 27.7 Å². The summed E-state index contributed by atoms with van der Waals surface area (Å²) in [6, 6.07) is 7.47. The average Bonchev–Trinajstić information content (AvgIpc) is 2.69. The topological polar surface area (TPSA) is 113 Å². The summed E-state index contributed by atoms with van der Waals surface area (Å²) in [7, 11) is 1.61. The van der Waals surface area contributed by atoms with Crippen LogP contribution >= 0.6 is 0 Å². The van der Waals surface area contributed by atoms with E-state index in [0.29, 0.717) is 12.2 Å². The maximum absolute atomic E-state index is 12.4. The zero-order valence-corrected chi connectivity index (χ0v) is 18.1. The van der Waals surface area contributed by atoms with Crippen LogP contribution in [0.5, 0.6) is 5.75 Å². The molecule has 5 N–H and O–H groups in total. The molecular weight excluding hydrogens is 380 g/mol. The minimum absolute atomic E-state index is 0.105. The Morgan fingerprint density at radius 1 is 1.10 bits per heavy atom. The van der Waals surface area contributed by atoms with Crippen molar-refractivity contribution in [3.05, 3.63) is 78.7 Å². The minimum atomic E-state index is -0.425. The van der Waals surface area contributed by atoms with E-state index in [1.54, 1.807) is 19.3 Å². The molecule has 0 bridgehead atoms. The van der Waals surface area contributed by atoms with Gasteiger partial charge in [-0.15, -0.1) is 0 Å². The third kappa shape index (κ3) is 6.01. The molecule has 7 heteroatoms. The number of aromatic amines is 2. The zero-order chi connectivity index (χ0) is 22.3. The lowest BCUT2D eigenvalue weighted by Crippen LogP contribution is -2.47. The van der Waals surface area contributed by atoms with Gasteiger partial charge in [-0.05, 0) is 36.8 Å². The highest BCUT2D eigenvalue weighted by atomic mass is 16.5. The number of aromatic nitrogens is 2. The normalized spacial score (nSPS) is 14.2. The van der Waals surface area contributed by atoms with E-state index in [-0.39, 0.29) is 16.1 Å². The molecule has 0 radical (unpaired) electrons. The number of rotatable bonds is 6. The molecule has 0 saturated carbocycles. The number of methoxy groups -OCH3 is 1. The minimum Gasteiger partial charge on any atom is -0.497 e. The second kappa shape index (κ2) is 9.82. The number of nitrogens with one attached hydrogen (secondary N) is 3. The first-order valence-electron chi connectivity index (χ1n) is 9.76. The monoisotopic (exact) mass is 410 g/mol. The lowest BCUT2D eigenvalue weighted by atomic mass is 9.90. The zero-order valence-electron chi connectivity index (χ0n) is 18.1.